The third-order valence-corrected chi connectivity index (χ3v) is 20.6. The van der Waals surface area contributed by atoms with Gasteiger partial charge in [-0.25, -0.2) is 4.98 Å². The minimum absolute atomic E-state index is 0.0568. The van der Waals surface area contributed by atoms with Gasteiger partial charge in [0.15, 0.2) is 0 Å². The highest BCUT2D eigenvalue weighted by Crippen LogP contribution is 2.58. The molecule has 490 valence electrons. The van der Waals surface area contributed by atoms with Gasteiger partial charge in [0.05, 0.1) is 41.7 Å². The predicted octanol–water partition coefficient (Wildman–Crippen LogP) is 24.1. The molecule has 5 heteroatoms. The Kier molecular flexibility index (Phi) is 7.58. The van der Waals surface area contributed by atoms with Crippen LogP contribution in [-0.4, -0.2) is 14.1 Å². The monoisotopic (exact) mass is 1310 g/mol. The van der Waals surface area contributed by atoms with Crippen LogP contribution < -0.4 is 9.30 Å². The van der Waals surface area contributed by atoms with Gasteiger partial charge in [0.2, 0.25) is 0 Å². The number of aromatic nitrogens is 4. The van der Waals surface area contributed by atoms with E-state index in [0.717, 1.165) is 98.1 Å². The lowest BCUT2D eigenvalue weighted by molar-refractivity contribution is -0.571. The topological polar surface area (TPSA) is 35.9 Å². The van der Waals surface area contributed by atoms with Crippen molar-refractivity contribution in [3.8, 4) is 73.2 Å². The molecule has 0 atom stereocenters. The Morgan fingerprint density at radius 3 is 1.67 bits per heavy atom. The van der Waals surface area contributed by atoms with Crippen molar-refractivity contribution in [1.82, 2.24) is 14.1 Å². The van der Waals surface area contributed by atoms with Crippen LogP contribution in [0.3, 0.4) is 0 Å². The normalized spacial score (nSPS) is 27.2. The molecule has 3 aromatic heterocycles. The van der Waals surface area contributed by atoms with Gasteiger partial charge in [-0.15, -0.1) is 0 Å². The number of benzene rings is 9. The van der Waals surface area contributed by atoms with E-state index in [4.69, 9.17) is 26.2 Å². The van der Waals surface area contributed by atoms with Crippen molar-refractivity contribution in [3.05, 3.63) is 245 Å². The van der Waals surface area contributed by atoms with Crippen LogP contribution in [0, 0.1) is 6.33 Å². The molecule has 4 aliphatic carbocycles. The van der Waals surface area contributed by atoms with Crippen LogP contribution in [0.1, 0.15) is 258 Å². The predicted molar refractivity (Wildman–Crippen MR) is 405 cm³/mol. The van der Waals surface area contributed by atoms with E-state index >= 15 is 0 Å². The molecule has 12 aromatic rings. The average Bonchev–Trinajstić information content (AvgIpc) is 0.797. The molecule has 0 fully saturated rings. The van der Waals surface area contributed by atoms with Crippen LogP contribution in [0.5, 0.6) is 11.5 Å². The fourth-order valence-corrected chi connectivity index (χ4v) is 15.0. The first-order valence-electron chi connectivity index (χ1n) is 51.6. The summed E-state index contributed by atoms with van der Waals surface area (Å²) in [6, 6.07) is 33.3. The molecule has 97 heavy (non-hydrogen) atoms. The molecule has 0 aliphatic heterocycles. The van der Waals surface area contributed by atoms with Crippen LogP contribution >= 0.6 is 0 Å². The number of para-hydroxylation sites is 1. The SMILES string of the molecule is [2H]c1c([2H])c2c(c([2H])c1-c1cccc(-c3c([2H])c([2H])c4c(c3[2H])C(C([2H])([2H])[2H])(C([2H])([2H])[2H])C([2H])([2H])C([2H])([2H])C4(C([2H])([2H])[2H])C([2H])([2H])[2H])c1-[n+]1[c-]n(-c3cccc(Oc4ccc5c6cc(-c7ccccc7)ccc6n(-c6cc(C(C)(C)C)ccn6)c5c4)c3)c3ccc(-c4cc5c6c(c4)C(C)(C)CCC6(C)CCC5(C)C)cc31)C(C([2H])([2H])[2H])(C([2H])([2H])[2H])C([2H])([2H])C([2H])([2H])C2(C([2H])([2H])[2H])C([2H])([2H])[2H]. The van der Waals surface area contributed by atoms with Gasteiger partial charge in [0.1, 0.15) is 17.3 Å². The third-order valence-electron chi connectivity index (χ3n) is 20.6. The minimum atomic E-state index is -4.88. The Balaban J connectivity index is 1.08. The molecule has 0 unspecified atom stereocenters. The summed E-state index contributed by atoms with van der Waals surface area (Å²) in [6.45, 7) is -19.7. The summed E-state index contributed by atoms with van der Waals surface area (Å²) >= 11 is 0. The average molecular weight is 1310 g/mol. The van der Waals surface area contributed by atoms with E-state index in [9.17, 15) is 35.6 Å². The van der Waals surface area contributed by atoms with Gasteiger partial charge in [-0.2, -0.15) is 0 Å². The maximum Gasteiger partial charge on any atom is 0.269 e. The van der Waals surface area contributed by atoms with Crippen molar-refractivity contribution >= 4 is 32.8 Å². The maximum atomic E-state index is 10.8. The molecule has 0 amide bonds. The number of hydrogen-bond acceptors (Lipinski definition) is 2. The zero-order valence-electron chi connectivity index (χ0n) is 93.0. The van der Waals surface area contributed by atoms with Gasteiger partial charge in [0, 0.05) is 66.9 Å². The smallest absolute Gasteiger partial charge is 0.269 e. The summed E-state index contributed by atoms with van der Waals surface area (Å²) in [5, 5.41) is 1.68. The number of fused-ring (bicyclic) bond motifs is 6. The summed E-state index contributed by atoms with van der Waals surface area (Å²) in [6.07, 6.45) is -11.2. The number of nitrogens with zero attached hydrogens (tertiary/aromatic N) is 4. The first-order chi connectivity index (χ1) is 61.6. The second kappa shape index (κ2) is 21.9. The number of imidazole rings is 1. The van der Waals surface area contributed by atoms with Gasteiger partial charge in [-0.05, 0) is 244 Å². The molecule has 0 spiro atoms. The summed E-state index contributed by atoms with van der Waals surface area (Å²) in [5.74, 6) is 0.991. The van der Waals surface area contributed by atoms with E-state index in [1.165, 1.54) is 4.57 Å². The fourth-order valence-electron chi connectivity index (χ4n) is 15.0. The zero-order valence-corrected chi connectivity index (χ0v) is 55.0. The van der Waals surface area contributed by atoms with E-state index in [0.29, 0.717) is 22.5 Å². The van der Waals surface area contributed by atoms with Crippen LogP contribution in [0.25, 0.3) is 94.5 Å². The van der Waals surface area contributed by atoms with Crippen LogP contribution in [0.4, 0.5) is 0 Å². The van der Waals surface area contributed by atoms with Gasteiger partial charge in [-0.1, -0.05) is 231 Å². The van der Waals surface area contributed by atoms with Crippen molar-refractivity contribution in [3.63, 3.8) is 0 Å². The Morgan fingerprint density at radius 1 is 0.485 bits per heavy atom. The lowest BCUT2D eigenvalue weighted by atomic mass is 9.53. The molecule has 0 N–H and O–H groups in total. The highest BCUT2D eigenvalue weighted by atomic mass is 16.5. The van der Waals surface area contributed by atoms with Gasteiger partial charge in [0.25, 0.3) is 6.33 Å². The van der Waals surface area contributed by atoms with Crippen LogP contribution in [0.15, 0.2) is 194 Å². The molecule has 0 saturated heterocycles. The lowest BCUT2D eigenvalue weighted by Crippen LogP contribution is -2.43. The van der Waals surface area contributed by atoms with Crippen LogP contribution in [-0.2, 0) is 43.3 Å². The summed E-state index contributed by atoms with van der Waals surface area (Å²) in [5.41, 5.74) is -24.8. The largest absolute Gasteiger partial charge is 0.458 e. The first-order valence-corrected chi connectivity index (χ1v) is 32.6. The molecule has 4 aliphatic rings. The van der Waals surface area contributed by atoms with Crippen molar-refractivity contribution in [2.45, 2.75) is 205 Å². The molecule has 16 rings (SSSR count). The molecular formula is C92H96N4O. The van der Waals surface area contributed by atoms with Gasteiger partial charge < -0.3 is 4.74 Å². The number of rotatable bonds is 9. The number of hydrogen-bond donors (Lipinski definition) is 0. The second-order valence-electron chi connectivity index (χ2n) is 29.3. The van der Waals surface area contributed by atoms with Crippen molar-refractivity contribution in [2.75, 3.05) is 0 Å². The van der Waals surface area contributed by atoms with E-state index in [1.807, 2.05) is 71.3 Å². The van der Waals surface area contributed by atoms with E-state index in [1.54, 1.807) is 54.7 Å². The molecule has 0 saturated carbocycles. The molecule has 0 radical (unpaired) electrons. The van der Waals surface area contributed by atoms with E-state index in [-0.39, 0.29) is 39.0 Å². The van der Waals surface area contributed by atoms with Gasteiger partial charge >= 0.3 is 0 Å². The van der Waals surface area contributed by atoms with Crippen molar-refractivity contribution in [2.24, 2.45) is 0 Å². The highest BCUT2D eigenvalue weighted by molar-refractivity contribution is 6.11. The standard InChI is InChI=1S/C92H96N4O/c1-85(2,3)64-38-47-93-82(54-64)96-78-36-30-59(58-22-18-17-19-23-58)48-71(78)70-33-32-67(56-80(70)96)97-66-25-20-24-65(55-66)94-57-95(81-53-60(31-37-79(81)94)63-51-76-83-77(52-63)91(14,15)44-46-92(83,16)45-43-90(76,12)13)84-68(61-28-34-72-74(49-61)88(8,9)41-39-86(72,4)5)26-21-27-69(84)62-29-35-73-75(50-62)89(10,11)42-40-87(73,6)7/h17-38,47-56H,39-46H2,1-16H3/i4D3,5D3,6D3,7D3,8D3,9D3,10D3,11D3,28D,29D,34D,35D,39D2,40D2,41D2,42D2,49D,50D. The summed E-state index contributed by atoms with van der Waals surface area (Å²) < 4.78 is 374. The summed E-state index contributed by atoms with van der Waals surface area (Å²) in [7, 11) is 0. The molecular weight excluding hydrogens is 1180 g/mol. The van der Waals surface area contributed by atoms with Crippen LogP contribution in [0.2, 0.25) is 0 Å². The summed E-state index contributed by atoms with van der Waals surface area (Å²) in [4.78, 5) is 4.91. The van der Waals surface area contributed by atoms with Gasteiger partial charge in [-0.3, -0.25) is 13.7 Å². The zero-order chi connectivity index (χ0) is 100. The van der Waals surface area contributed by atoms with E-state index < -0.39 is 199 Å². The number of pyridine rings is 1. The third kappa shape index (κ3) is 10.4. The molecule has 3 heterocycles. The second-order valence-corrected chi connectivity index (χ2v) is 29.3. The van der Waals surface area contributed by atoms with Crippen molar-refractivity contribution in [1.29, 1.82) is 0 Å². The fraction of sp³-hybridized carbons (Fsp3) is 0.348. The Bertz CT molecular complexity index is 6660. The lowest BCUT2D eigenvalue weighted by Gasteiger charge is -2.51. The number of ether oxygens (including phenoxy) is 1. The minimum Gasteiger partial charge on any atom is -0.458 e. The Morgan fingerprint density at radius 2 is 1.06 bits per heavy atom. The highest BCUT2D eigenvalue weighted by Gasteiger charge is 2.48. The Labute approximate surface area is 630 Å². The molecule has 0 bridgehead atoms. The Hall–Kier alpha value is -8.80. The first kappa shape index (κ1) is 33.6. The van der Waals surface area contributed by atoms with E-state index in [2.05, 4.69) is 79.9 Å². The maximum absolute atomic E-state index is 10.8. The van der Waals surface area contributed by atoms with Crippen molar-refractivity contribution < 1.29 is 61.4 Å². The molecule has 9 aromatic carbocycles. The quantitative estimate of drug-likeness (QED) is 0.107. The molecule has 5 nitrogen and oxygen atoms in total.